The van der Waals surface area contributed by atoms with Crippen LogP contribution >= 0.6 is 0 Å². The van der Waals surface area contributed by atoms with Crippen LogP contribution in [0.5, 0.6) is 5.75 Å². The van der Waals surface area contributed by atoms with Gasteiger partial charge < -0.3 is 15.4 Å². The molecule has 0 bridgehead atoms. The van der Waals surface area contributed by atoms with E-state index in [1.807, 2.05) is 37.3 Å². The minimum atomic E-state index is -0.905. The fourth-order valence-corrected chi connectivity index (χ4v) is 3.55. The van der Waals surface area contributed by atoms with Gasteiger partial charge in [-0.1, -0.05) is 18.2 Å². The van der Waals surface area contributed by atoms with E-state index < -0.39 is 17.4 Å². The highest BCUT2D eigenvalue weighted by atomic mass is 16.5. The number of pyridine rings is 1. The van der Waals surface area contributed by atoms with E-state index in [4.69, 9.17) is 4.74 Å². The first-order chi connectivity index (χ1) is 15.3. The molecular weight excluding hydrogens is 408 g/mol. The van der Waals surface area contributed by atoms with E-state index in [0.29, 0.717) is 17.9 Å². The molecule has 4 rings (SSSR count). The lowest BCUT2D eigenvalue weighted by atomic mass is 9.88. The molecule has 4 amide bonds. The molecule has 0 radical (unpaired) electrons. The van der Waals surface area contributed by atoms with Crippen molar-refractivity contribution in [3.05, 3.63) is 71.4 Å². The smallest absolute Gasteiger partial charge is 0.321 e. The molecule has 1 fully saturated rings. The monoisotopic (exact) mass is 432 g/mol. The van der Waals surface area contributed by atoms with Gasteiger partial charge in [0.2, 0.25) is 5.91 Å². The predicted molar refractivity (Wildman–Crippen MR) is 119 cm³/mol. The van der Waals surface area contributed by atoms with Crippen LogP contribution in [-0.4, -0.2) is 35.9 Å². The third-order valence-electron chi connectivity index (χ3n) is 5.49. The highest BCUT2D eigenvalue weighted by molar-refractivity contribution is 6.00. The number of aryl methyl sites for hydroxylation is 1. The van der Waals surface area contributed by atoms with Gasteiger partial charge in [-0.05, 0) is 50.2 Å². The lowest BCUT2D eigenvalue weighted by Gasteiger charge is -2.32. The second kappa shape index (κ2) is 8.66. The number of fused-ring (bicyclic) bond motifs is 1. The summed E-state index contributed by atoms with van der Waals surface area (Å²) in [6.07, 6.45) is 0. The molecule has 3 aromatic rings. The number of aromatic nitrogens is 1. The first-order valence-electron chi connectivity index (χ1n) is 10.3. The molecule has 1 atom stereocenters. The van der Waals surface area contributed by atoms with Gasteiger partial charge in [-0.15, -0.1) is 0 Å². The number of carbonyl (C=O) groups is 3. The topological polar surface area (TPSA) is 109 Å². The summed E-state index contributed by atoms with van der Waals surface area (Å²) in [5.74, 6) is -0.0798. The molecular formula is C24H24N4O4. The summed E-state index contributed by atoms with van der Waals surface area (Å²) in [4.78, 5) is 40.3. The Hall–Kier alpha value is -3.94. The van der Waals surface area contributed by atoms with E-state index >= 15 is 0 Å². The van der Waals surface area contributed by atoms with Crippen LogP contribution in [-0.2, 0) is 11.4 Å². The lowest BCUT2D eigenvalue weighted by Crippen LogP contribution is -2.61. The first kappa shape index (κ1) is 21.3. The fraction of sp³-hybridized carbons (Fsp3) is 0.250. The molecule has 8 nitrogen and oxygen atoms in total. The molecule has 1 saturated heterocycles. The van der Waals surface area contributed by atoms with Crippen LogP contribution < -0.4 is 20.7 Å². The summed E-state index contributed by atoms with van der Waals surface area (Å²) < 4.78 is 5.93. The van der Waals surface area contributed by atoms with Crippen LogP contribution in [0.2, 0.25) is 0 Å². The molecule has 3 N–H and O–H groups in total. The van der Waals surface area contributed by atoms with E-state index in [2.05, 4.69) is 20.9 Å². The largest absolute Gasteiger partial charge is 0.489 e. The van der Waals surface area contributed by atoms with Crippen LogP contribution in [0.25, 0.3) is 10.9 Å². The molecule has 1 aromatic heterocycles. The van der Waals surface area contributed by atoms with Gasteiger partial charge in [0, 0.05) is 35.3 Å². The third-order valence-corrected chi connectivity index (χ3v) is 5.49. The van der Waals surface area contributed by atoms with Crippen molar-refractivity contribution in [2.45, 2.75) is 20.5 Å². The van der Waals surface area contributed by atoms with Crippen LogP contribution in [0.3, 0.4) is 0 Å². The normalized spacial score (nSPS) is 18.1. The van der Waals surface area contributed by atoms with Gasteiger partial charge >= 0.3 is 6.03 Å². The average molecular weight is 432 g/mol. The Morgan fingerprint density at radius 1 is 1.16 bits per heavy atom. The van der Waals surface area contributed by atoms with Crippen molar-refractivity contribution in [1.82, 2.24) is 20.9 Å². The minimum absolute atomic E-state index is 0.102. The van der Waals surface area contributed by atoms with Crippen LogP contribution in [0.1, 0.15) is 28.5 Å². The zero-order valence-corrected chi connectivity index (χ0v) is 17.9. The number of rotatable bonds is 6. The number of nitrogens with one attached hydrogen (secondary N) is 3. The second-order valence-corrected chi connectivity index (χ2v) is 8.13. The van der Waals surface area contributed by atoms with Gasteiger partial charge in [0.1, 0.15) is 12.4 Å². The Balaban J connectivity index is 1.37. The van der Waals surface area contributed by atoms with Gasteiger partial charge in [-0.25, -0.2) is 4.79 Å². The summed E-state index contributed by atoms with van der Waals surface area (Å²) >= 11 is 0. The SMILES string of the molecule is Cc1cc(COc2ccc(C(=O)NCC3(C)CNC(=O)NC3=O)cc2)c2ccccc2n1. The molecule has 1 aliphatic heterocycles. The number of amides is 4. The van der Waals surface area contributed by atoms with Gasteiger partial charge in [0.15, 0.2) is 0 Å². The molecule has 1 unspecified atom stereocenters. The van der Waals surface area contributed by atoms with Gasteiger partial charge in [-0.2, -0.15) is 0 Å². The van der Waals surface area contributed by atoms with Crippen LogP contribution in [0, 0.1) is 12.3 Å². The molecule has 2 heterocycles. The van der Waals surface area contributed by atoms with Crippen molar-refractivity contribution in [3.63, 3.8) is 0 Å². The standard InChI is InChI=1S/C24H24N4O4/c1-15-11-17(19-5-3-4-6-20(19)27-15)12-32-18-9-7-16(8-10-18)21(29)25-13-24(2)14-26-23(31)28-22(24)30/h3-11H,12-14H2,1-2H3,(H,25,29)(H2,26,28,30,31). The van der Waals surface area contributed by atoms with Crippen molar-refractivity contribution in [1.29, 1.82) is 0 Å². The van der Waals surface area contributed by atoms with Crippen molar-refractivity contribution in [2.24, 2.45) is 5.41 Å². The zero-order chi connectivity index (χ0) is 22.7. The Morgan fingerprint density at radius 3 is 2.66 bits per heavy atom. The molecule has 0 aliphatic carbocycles. The van der Waals surface area contributed by atoms with Crippen LogP contribution in [0.4, 0.5) is 4.79 Å². The second-order valence-electron chi connectivity index (χ2n) is 8.13. The van der Waals surface area contributed by atoms with Gasteiger partial charge in [-0.3, -0.25) is 19.9 Å². The summed E-state index contributed by atoms with van der Waals surface area (Å²) in [7, 11) is 0. The molecule has 0 spiro atoms. The number of hydrogen-bond acceptors (Lipinski definition) is 5. The summed E-state index contributed by atoms with van der Waals surface area (Å²) in [6, 6.07) is 16.2. The predicted octanol–water partition coefficient (Wildman–Crippen LogP) is 2.70. The van der Waals surface area contributed by atoms with Gasteiger partial charge in [0.25, 0.3) is 5.91 Å². The van der Waals surface area contributed by atoms with Crippen molar-refractivity contribution in [3.8, 4) is 5.75 Å². The summed E-state index contributed by atoms with van der Waals surface area (Å²) in [5, 5.41) is 8.60. The number of nitrogens with zero attached hydrogens (tertiary/aromatic N) is 1. The molecule has 2 aromatic carbocycles. The Bertz CT molecular complexity index is 1190. The Morgan fingerprint density at radius 2 is 1.91 bits per heavy atom. The minimum Gasteiger partial charge on any atom is -0.489 e. The Kier molecular flexibility index (Phi) is 5.77. The molecule has 1 aliphatic rings. The van der Waals surface area contributed by atoms with Crippen LogP contribution in [0.15, 0.2) is 54.6 Å². The highest BCUT2D eigenvalue weighted by Crippen LogP contribution is 2.21. The van der Waals surface area contributed by atoms with E-state index in [9.17, 15) is 14.4 Å². The average Bonchev–Trinajstić information content (AvgIpc) is 2.79. The zero-order valence-electron chi connectivity index (χ0n) is 17.9. The number of para-hydroxylation sites is 1. The third kappa shape index (κ3) is 4.54. The molecule has 32 heavy (non-hydrogen) atoms. The Labute approximate surface area is 185 Å². The number of urea groups is 1. The maximum atomic E-state index is 12.5. The fourth-order valence-electron chi connectivity index (χ4n) is 3.55. The van der Waals surface area contributed by atoms with E-state index in [1.54, 1.807) is 31.2 Å². The number of imide groups is 1. The lowest BCUT2D eigenvalue weighted by molar-refractivity contribution is -0.129. The van der Waals surface area contributed by atoms with E-state index in [1.165, 1.54) is 0 Å². The van der Waals surface area contributed by atoms with Crippen molar-refractivity contribution in [2.75, 3.05) is 13.1 Å². The summed E-state index contributed by atoms with van der Waals surface area (Å²) in [6.45, 7) is 4.28. The maximum Gasteiger partial charge on any atom is 0.321 e. The summed E-state index contributed by atoms with van der Waals surface area (Å²) in [5.41, 5.74) is 2.44. The van der Waals surface area contributed by atoms with E-state index in [0.717, 1.165) is 22.2 Å². The maximum absolute atomic E-state index is 12.5. The quantitative estimate of drug-likeness (QED) is 0.555. The molecule has 164 valence electrons. The van der Waals surface area contributed by atoms with Crippen molar-refractivity contribution < 1.29 is 19.1 Å². The first-order valence-corrected chi connectivity index (χ1v) is 10.3. The highest BCUT2D eigenvalue weighted by Gasteiger charge is 2.38. The number of carbonyl (C=O) groups excluding carboxylic acids is 3. The number of ether oxygens (including phenoxy) is 1. The number of benzene rings is 2. The molecule has 0 saturated carbocycles. The van der Waals surface area contributed by atoms with Crippen molar-refractivity contribution >= 4 is 28.7 Å². The van der Waals surface area contributed by atoms with E-state index in [-0.39, 0.29) is 19.0 Å². The molecule has 8 heteroatoms. The van der Waals surface area contributed by atoms with Gasteiger partial charge in [0.05, 0.1) is 10.9 Å². The number of hydrogen-bond donors (Lipinski definition) is 3.